The molecule has 128 valence electrons. The smallest absolute Gasteiger partial charge is 0.281 e. The van der Waals surface area contributed by atoms with E-state index in [0.29, 0.717) is 20.1 Å². The van der Waals surface area contributed by atoms with E-state index < -0.39 is 11.8 Å². The van der Waals surface area contributed by atoms with Gasteiger partial charge in [-0.15, -0.1) is 0 Å². The van der Waals surface area contributed by atoms with Crippen molar-refractivity contribution in [1.82, 2.24) is 9.78 Å². The van der Waals surface area contributed by atoms with Gasteiger partial charge in [0.1, 0.15) is 11.6 Å². The van der Waals surface area contributed by atoms with Crippen molar-refractivity contribution >= 4 is 49.5 Å². The van der Waals surface area contributed by atoms with Crippen molar-refractivity contribution in [3.63, 3.8) is 0 Å². The molecule has 6 nitrogen and oxygen atoms in total. The van der Waals surface area contributed by atoms with Crippen molar-refractivity contribution in [1.29, 1.82) is 5.26 Å². The first-order valence-electron chi connectivity index (χ1n) is 7.36. The summed E-state index contributed by atoms with van der Waals surface area (Å²) in [5.41, 5.74) is 0.819. The Morgan fingerprint density at radius 1 is 1.00 bits per heavy atom. The largest absolute Gasteiger partial charge is 0.305 e. The molecule has 0 saturated carbocycles. The van der Waals surface area contributed by atoms with Gasteiger partial charge in [0.05, 0.1) is 17.3 Å². The first-order valence-corrected chi connectivity index (χ1v) is 8.94. The van der Waals surface area contributed by atoms with Crippen LogP contribution in [0.3, 0.4) is 0 Å². The molecule has 1 N–H and O–H groups in total. The number of carbonyl (C=O) groups excluding carboxylic acids is 2. The van der Waals surface area contributed by atoms with E-state index in [2.05, 4.69) is 42.3 Å². The van der Waals surface area contributed by atoms with E-state index in [1.807, 2.05) is 6.07 Å². The lowest BCUT2D eigenvalue weighted by Crippen LogP contribution is -2.21. The zero-order chi connectivity index (χ0) is 18.7. The molecule has 1 aromatic heterocycles. The zero-order valence-corrected chi connectivity index (χ0v) is 16.3. The lowest BCUT2D eigenvalue weighted by Gasteiger charge is -2.10. The van der Waals surface area contributed by atoms with Gasteiger partial charge in [-0.05, 0) is 56.1 Å². The van der Waals surface area contributed by atoms with Gasteiger partial charge in [-0.3, -0.25) is 9.59 Å². The highest BCUT2D eigenvalue weighted by Gasteiger charge is 2.22. The molecule has 0 radical (unpaired) electrons. The number of aromatic nitrogens is 2. The molecule has 8 heteroatoms. The number of nitriles is 1. The van der Waals surface area contributed by atoms with Crippen LogP contribution in [-0.4, -0.2) is 21.6 Å². The Labute approximate surface area is 165 Å². The van der Waals surface area contributed by atoms with Crippen LogP contribution >= 0.6 is 31.9 Å². The van der Waals surface area contributed by atoms with Crippen molar-refractivity contribution in [2.75, 3.05) is 5.32 Å². The molecular weight excluding hydrogens is 464 g/mol. The number of carbonyl (C=O) groups is 2. The summed E-state index contributed by atoms with van der Waals surface area (Å²) < 4.78 is 2.19. The molecule has 3 rings (SSSR count). The van der Waals surface area contributed by atoms with Gasteiger partial charge in [0.15, 0.2) is 5.82 Å². The van der Waals surface area contributed by atoms with Crippen molar-refractivity contribution in [2.45, 2.75) is 0 Å². The summed E-state index contributed by atoms with van der Waals surface area (Å²) in [5.74, 6) is -0.911. The molecular formula is C18H10Br2N4O2. The van der Waals surface area contributed by atoms with E-state index >= 15 is 0 Å². The number of anilines is 1. The Morgan fingerprint density at radius 2 is 1.58 bits per heavy atom. The Kier molecular flexibility index (Phi) is 5.30. The maximum Gasteiger partial charge on any atom is 0.281 e. The van der Waals surface area contributed by atoms with Gasteiger partial charge in [-0.1, -0.05) is 24.3 Å². The SMILES string of the molecule is N#Cc1cnn(C(=O)c2ccccc2Br)c1NC(=O)c1ccccc1Br. The molecule has 0 aliphatic heterocycles. The summed E-state index contributed by atoms with van der Waals surface area (Å²) in [4.78, 5) is 25.4. The summed E-state index contributed by atoms with van der Waals surface area (Å²) in [7, 11) is 0. The molecule has 0 bridgehead atoms. The van der Waals surface area contributed by atoms with E-state index in [-0.39, 0.29) is 11.4 Å². The van der Waals surface area contributed by atoms with Gasteiger partial charge >= 0.3 is 0 Å². The quantitative estimate of drug-likeness (QED) is 0.616. The third-order valence-electron chi connectivity index (χ3n) is 3.54. The molecule has 0 fully saturated rings. The van der Waals surface area contributed by atoms with Crippen molar-refractivity contribution < 1.29 is 9.59 Å². The number of hydrogen-bond donors (Lipinski definition) is 1. The normalized spacial score (nSPS) is 10.2. The van der Waals surface area contributed by atoms with E-state index in [4.69, 9.17) is 0 Å². The minimum Gasteiger partial charge on any atom is -0.305 e. The first-order chi connectivity index (χ1) is 12.5. The summed E-state index contributed by atoms with van der Waals surface area (Å²) in [6, 6.07) is 15.6. The number of nitrogens with one attached hydrogen (secondary N) is 1. The van der Waals surface area contributed by atoms with Crippen LogP contribution < -0.4 is 5.32 Å². The van der Waals surface area contributed by atoms with Crippen LogP contribution in [0.5, 0.6) is 0 Å². The molecule has 1 heterocycles. The highest BCUT2D eigenvalue weighted by atomic mass is 79.9. The number of benzene rings is 2. The van der Waals surface area contributed by atoms with Gasteiger partial charge in [0.25, 0.3) is 11.8 Å². The molecule has 26 heavy (non-hydrogen) atoms. The molecule has 2 aromatic carbocycles. The molecule has 0 spiro atoms. The Balaban J connectivity index is 2.01. The van der Waals surface area contributed by atoms with E-state index in [0.717, 1.165) is 4.68 Å². The minimum absolute atomic E-state index is 0.0222. The third kappa shape index (κ3) is 3.45. The molecule has 0 saturated heterocycles. The second kappa shape index (κ2) is 7.64. The van der Waals surface area contributed by atoms with E-state index in [1.165, 1.54) is 6.20 Å². The zero-order valence-electron chi connectivity index (χ0n) is 13.1. The van der Waals surface area contributed by atoms with Crippen LogP contribution in [-0.2, 0) is 0 Å². The maximum atomic E-state index is 12.8. The number of hydrogen-bond acceptors (Lipinski definition) is 4. The summed E-state index contributed by atoms with van der Waals surface area (Å²) in [6.07, 6.45) is 1.24. The van der Waals surface area contributed by atoms with Crippen molar-refractivity contribution in [3.05, 3.63) is 80.4 Å². The molecule has 0 atom stereocenters. The molecule has 3 aromatic rings. The lowest BCUT2D eigenvalue weighted by molar-refractivity contribution is 0.0946. The highest BCUT2D eigenvalue weighted by molar-refractivity contribution is 9.10. The molecule has 1 amide bonds. The van der Waals surface area contributed by atoms with Crippen LogP contribution in [0.25, 0.3) is 0 Å². The van der Waals surface area contributed by atoms with Crippen LogP contribution in [0.4, 0.5) is 5.82 Å². The highest BCUT2D eigenvalue weighted by Crippen LogP contribution is 2.23. The maximum absolute atomic E-state index is 12.8. The lowest BCUT2D eigenvalue weighted by atomic mass is 10.2. The molecule has 0 unspecified atom stereocenters. The Morgan fingerprint density at radius 3 is 2.15 bits per heavy atom. The topological polar surface area (TPSA) is 87.8 Å². The van der Waals surface area contributed by atoms with Gasteiger partial charge in [0.2, 0.25) is 0 Å². The van der Waals surface area contributed by atoms with E-state index in [9.17, 15) is 14.9 Å². The number of rotatable bonds is 3. The van der Waals surface area contributed by atoms with Gasteiger partial charge < -0.3 is 5.32 Å². The Bertz CT molecular complexity index is 1050. The summed E-state index contributed by atoms with van der Waals surface area (Å²) >= 11 is 6.63. The monoisotopic (exact) mass is 472 g/mol. The number of nitrogens with zero attached hydrogens (tertiary/aromatic N) is 3. The fraction of sp³-hybridized carbons (Fsp3) is 0. The second-order valence-corrected chi connectivity index (χ2v) is 6.86. The standard InChI is InChI=1S/C18H10Br2N4O2/c19-14-7-3-1-5-12(14)17(25)23-16-11(9-21)10-22-24(16)18(26)13-6-2-4-8-15(13)20/h1-8,10H,(H,23,25). The van der Waals surface area contributed by atoms with E-state index in [1.54, 1.807) is 48.5 Å². The van der Waals surface area contributed by atoms with Crippen molar-refractivity contribution in [3.8, 4) is 6.07 Å². The molecule has 0 aliphatic rings. The third-order valence-corrected chi connectivity index (χ3v) is 4.92. The summed E-state index contributed by atoms with van der Waals surface area (Å²) in [5, 5.41) is 15.9. The number of halogens is 2. The Hall–Kier alpha value is -2.76. The van der Waals surface area contributed by atoms with Crippen molar-refractivity contribution in [2.24, 2.45) is 0 Å². The summed E-state index contributed by atoms with van der Waals surface area (Å²) in [6.45, 7) is 0. The first kappa shape index (κ1) is 18.0. The van der Waals surface area contributed by atoms with Crippen LogP contribution in [0.15, 0.2) is 63.7 Å². The minimum atomic E-state index is -0.471. The van der Waals surface area contributed by atoms with Gasteiger partial charge in [-0.2, -0.15) is 15.0 Å². The fourth-order valence-electron chi connectivity index (χ4n) is 2.27. The fourth-order valence-corrected chi connectivity index (χ4v) is 3.19. The predicted octanol–water partition coefficient (Wildman–Crippen LogP) is 4.22. The average Bonchev–Trinajstić information content (AvgIpc) is 3.04. The van der Waals surface area contributed by atoms with Crippen LogP contribution in [0.2, 0.25) is 0 Å². The predicted molar refractivity (Wildman–Crippen MR) is 103 cm³/mol. The molecule has 0 aliphatic carbocycles. The van der Waals surface area contributed by atoms with Gasteiger partial charge in [-0.25, -0.2) is 0 Å². The second-order valence-electron chi connectivity index (χ2n) is 5.15. The van der Waals surface area contributed by atoms with Crippen LogP contribution in [0.1, 0.15) is 26.3 Å². The average molecular weight is 474 g/mol. The van der Waals surface area contributed by atoms with Gasteiger partial charge in [0, 0.05) is 8.95 Å². The van der Waals surface area contributed by atoms with Crippen LogP contribution in [0, 0.1) is 11.3 Å². The number of amides is 1.